The Balaban J connectivity index is 2.07. The van der Waals surface area contributed by atoms with Crippen LogP contribution < -0.4 is 5.32 Å². The monoisotopic (exact) mass is 521 g/mol. The van der Waals surface area contributed by atoms with Crippen LogP contribution in [0.15, 0.2) is 51.3 Å². The molecule has 172 valence electrons. The third kappa shape index (κ3) is 4.96. The average molecular weight is 522 g/mol. The number of esters is 2. The fourth-order valence-electron chi connectivity index (χ4n) is 4.39. The lowest BCUT2D eigenvalue weighted by Gasteiger charge is -2.38. The van der Waals surface area contributed by atoms with Gasteiger partial charge in [0, 0.05) is 33.1 Å². The van der Waals surface area contributed by atoms with Gasteiger partial charge in [0.05, 0.1) is 12.7 Å². The summed E-state index contributed by atoms with van der Waals surface area (Å²) in [6.07, 6.45) is 0.512. The van der Waals surface area contributed by atoms with Crippen molar-refractivity contribution in [2.45, 2.75) is 33.1 Å². The maximum absolute atomic E-state index is 13.6. The Hall–Kier alpha value is -2.06. The molecule has 6 nitrogen and oxygen atoms in total. The molecule has 1 N–H and O–H groups in total. The highest BCUT2D eigenvalue weighted by Gasteiger charge is 2.47. The number of allylic oxidation sites excluding steroid dienone is 3. The molecular formula is C24H28BrNO5S. The number of Topliss-reactive ketones (excluding diaryl/α,β-unsaturated/α-hetero) is 1. The van der Waals surface area contributed by atoms with Crippen LogP contribution in [0.25, 0.3) is 0 Å². The second-order valence-corrected chi connectivity index (χ2v) is 10.2. The van der Waals surface area contributed by atoms with Crippen LogP contribution in [0.4, 0.5) is 0 Å². The molecule has 0 amide bonds. The van der Waals surface area contributed by atoms with Crippen LogP contribution in [0.1, 0.15) is 38.7 Å². The van der Waals surface area contributed by atoms with E-state index in [0.29, 0.717) is 35.6 Å². The summed E-state index contributed by atoms with van der Waals surface area (Å²) in [4.78, 5) is 39.3. The molecule has 0 spiro atoms. The van der Waals surface area contributed by atoms with Gasteiger partial charge in [-0.05, 0) is 42.7 Å². The zero-order valence-electron chi connectivity index (χ0n) is 18.7. The van der Waals surface area contributed by atoms with Gasteiger partial charge >= 0.3 is 11.9 Å². The summed E-state index contributed by atoms with van der Waals surface area (Å²) in [7, 11) is 1.29. The quantitative estimate of drug-likeness (QED) is 0.324. The summed E-state index contributed by atoms with van der Waals surface area (Å²) in [5, 5.41) is 3.27. The molecule has 0 bridgehead atoms. The maximum Gasteiger partial charge on any atom is 0.336 e. The summed E-state index contributed by atoms with van der Waals surface area (Å²) in [6, 6.07) is 7.54. The van der Waals surface area contributed by atoms with Crippen molar-refractivity contribution < 1.29 is 23.9 Å². The third-order valence-corrected chi connectivity index (χ3v) is 7.17. The number of hydrogen-bond donors (Lipinski definition) is 1. The van der Waals surface area contributed by atoms with E-state index in [-0.39, 0.29) is 11.7 Å². The first-order chi connectivity index (χ1) is 15.3. The number of benzene rings is 1. The summed E-state index contributed by atoms with van der Waals surface area (Å²) in [5.74, 6) is -1.39. The number of halogens is 1. The van der Waals surface area contributed by atoms with Gasteiger partial charge < -0.3 is 14.8 Å². The van der Waals surface area contributed by atoms with Crippen LogP contribution in [0.3, 0.4) is 0 Å². The molecule has 1 aliphatic carbocycles. The van der Waals surface area contributed by atoms with Crippen LogP contribution in [0.2, 0.25) is 0 Å². The van der Waals surface area contributed by atoms with Crippen LogP contribution in [0.5, 0.6) is 0 Å². The lowest BCUT2D eigenvalue weighted by atomic mass is 9.69. The normalized spacial score (nSPS) is 22.9. The fourth-order valence-corrected chi connectivity index (χ4v) is 5.29. The minimum absolute atomic E-state index is 0.211. The van der Waals surface area contributed by atoms with Crippen molar-refractivity contribution in [3.63, 3.8) is 0 Å². The van der Waals surface area contributed by atoms with E-state index in [1.54, 1.807) is 11.8 Å². The molecule has 0 unspecified atom stereocenters. The van der Waals surface area contributed by atoms with Crippen molar-refractivity contribution in [3.8, 4) is 0 Å². The van der Waals surface area contributed by atoms with Gasteiger partial charge in [0.25, 0.3) is 0 Å². The molecule has 32 heavy (non-hydrogen) atoms. The van der Waals surface area contributed by atoms with Crippen molar-refractivity contribution in [2.75, 3.05) is 25.2 Å². The van der Waals surface area contributed by atoms with Crippen molar-refractivity contribution >= 4 is 45.4 Å². The van der Waals surface area contributed by atoms with Crippen LogP contribution in [-0.4, -0.2) is 42.9 Å². The van der Waals surface area contributed by atoms with E-state index < -0.39 is 23.8 Å². The largest absolute Gasteiger partial charge is 0.468 e. The smallest absolute Gasteiger partial charge is 0.336 e. The first-order valence-corrected chi connectivity index (χ1v) is 12.6. The predicted molar refractivity (Wildman–Crippen MR) is 128 cm³/mol. The molecule has 2 aliphatic rings. The summed E-state index contributed by atoms with van der Waals surface area (Å²) in [5.41, 5.74) is 3.04. The number of methoxy groups -OCH3 is 1. The summed E-state index contributed by atoms with van der Waals surface area (Å²) in [6.45, 7) is 6.04. The zero-order chi connectivity index (χ0) is 23.4. The Morgan fingerprint density at radius 1 is 1.31 bits per heavy atom. The molecule has 0 saturated carbocycles. The van der Waals surface area contributed by atoms with E-state index >= 15 is 0 Å². The van der Waals surface area contributed by atoms with Gasteiger partial charge in [-0.2, -0.15) is 11.8 Å². The minimum Gasteiger partial charge on any atom is -0.468 e. The standard InChI is InChI=1S/C24H28BrNO5S/c1-5-32-10-9-31-24(29)19-14(3)26-17-11-13(2)18(23(28)30-4)22(27)21(17)20(19)15-7-6-8-16(25)12-15/h6-8,12-13,18,20,26H,5,9-11H2,1-4H3/t13-,18+,20+/m1/s1. The molecule has 1 aromatic carbocycles. The zero-order valence-corrected chi connectivity index (χ0v) is 21.1. The number of dihydropyridines is 1. The lowest BCUT2D eigenvalue weighted by Crippen LogP contribution is -2.43. The molecule has 0 aromatic heterocycles. The Kier molecular flexibility index (Phi) is 8.22. The van der Waals surface area contributed by atoms with E-state index in [1.165, 1.54) is 7.11 Å². The van der Waals surface area contributed by atoms with Gasteiger partial charge in [-0.25, -0.2) is 4.79 Å². The number of carbonyl (C=O) groups excluding carboxylic acids is 3. The van der Waals surface area contributed by atoms with E-state index in [2.05, 4.69) is 28.2 Å². The van der Waals surface area contributed by atoms with Gasteiger partial charge in [-0.3, -0.25) is 9.59 Å². The average Bonchev–Trinajstić information content (AvgIpc) is 2.75. The highest BCUT2D eigenvalue weighted by Crippen LogP contribution is 2.45. The van der Waals surface area contributed by atoms with Gasteiger partial charge in [-0.15, -0.1) is 0 Å². The lowest BCUT2D eigenvalue weighted by molar-refractivity contribution is -0.151. The number of thioether (sulfide) groups is 1. The minimum atomic E-state index is -0.896. The third-order valence-electron chi connectivity index (χ3n) is 5.81. The second-order valence-electron chi connectivity index (χ2n) is 7.92. The van der Waals surface area contributed by atoms with E-state index in [1.807, 2.05) is 38.1 Å². The summed E-state index contributed by atoms with van der Waals surface area (Å²) >= 11 is 5.18. The molecule has 1 aromatic rings. The number of ketones is 1. The predicted octanol–water partition coefficient (Wildman–Crippen LogP) is 4.36. The van der Waals surface area contributed by atoms with Crippen LogP contribution >= 0.6 is 27.7 Å². The summed E-state index contributed by atoms with van der Waals surface area (Å²) < 4.78 is 11.3. The Labute approximate surface area is 201 Å². The molecule has 3 atom stereocenters. The topological polar surface area (TPSA) is 81.7 Å². The highest BCUT2D eigenvalue weighted by atomic mass is 79.9. The van der Waals surface area contributed by atoms with E-state index in [4.69, 9.17) is 9.47 Å². The molecular weight excluding hydrogens is 494 g/mol. The van der Waals surface area contributed by atoms with Crippen molar-refractivity contribution in [1.29, 1.82) is 0 Å². The Morgan fingerprint density at radius 3 is 2.72 bits per heavy atom. The molecule has 0 radical (unpaired) electrons. The molecule has 1 heterocycles. The fraction of sp³-hybridized carbons (Fsp3) is 0.458. The molecule has 1 aliphatic heterocycles. The van der Waals surface area contributed by atoms with E-state index in [9.17, 15) is 14.4 Å². The van der Waals surface area contributed by atoms with Gasteiger partial charge in [0.1, 0.15) is 12.5 Å². The molecule has 8 heteroatoms. The molecule has 3 rings (SSSR count). The Morgan fingerprint density at radius 2 is 2.06 bits per heavy atom. The maximum atomic E-state index is 13.6. The first kappa shape index (κ1) is 24.6. The van der Waals surface area contributed by atoms with Gasteiger partial charge in [0.15, 0.2) is 5.78 Å². The van der Waals surface area contributed by atoms with Crippen molar-refractivity contribution in [1.82, 2.24) is 5.32 Å². The number of ether oxygens (including phenoxy) is 2. The molecule has 0 saturated heterocycles. The second kappa shape index (κ2) is 10.7. The highest BCUT2D eigenvalue weighted by molar-refractivity contribution is 9.10. The van der Waals surface area contributed by atoms with Crippen molar-refractivity contribution in [2.24, 2.45) is 11.8 Å². The number of nitrogens with one attached hydrogen (secondary N) is 1. The van der Waals surface area contributed by atoms with Gasteiger partial charge in [0.2, 0.25) is 0 Å². The molecule has 0 fully saturated rings. The van der Waals surface area contributed by atoms with Crippen LogP contribution in [0, 0.1) is 11.8 Å². The number of hydrogen-bond acceptors (Lipinski definition) is 7. The number of rotatable bonds is 7. The van der Waals surface area contributed by atoms with Gasteiger partial charge in [-0.1, -0.05) is 41.9 Å². The SMILES string of the molecule is CCSCCOC(=O)C1=C(C)NC2=C(C(=O)[C@@H](C(=O)OC)[C@H](C)C2)[C@H]1c1cccc(Br)c1. The van der Waals surface area contributed by atoms with E-state index in [0.717, 1.165) is 21.5 Å². The van der Waals surface area contributed by atoms with Crippen molar-refractivity contribution in [3.05, 3.63) is 56.8 Å². The van der Waals surface area contributed by atoms with Crippen LogP contribution in [-0.2, 0) is 23.9 Å². The first-order valence-electron chi connectivity index (χ1n) is 10.6. The number of carbonyl (C=O) groups is 3. The Bertz CT molecular complexity index is 986.